The average Bonchev–Trinajstić information content (AvgIpc) is 2.79. The fourth-order valence-corrected chi connectivity index (χ4v) is 1.78. The fourth-order valence-electron chi connectivity index (χ4n) is 1.78. The number of aryl methyl sites for hydroxylation is 1. The van der Waals surface area contributed by atoms with Crippen LogP contribution in [0.4, 0.5) is 4.79 Å². The van der Waals surface area contributed by atoms with E-state index in [2.05, 4.69) is 5.92 Å². The standard InChI is InChI=1S/C12H13NO3/c1-3-6-13-10(8-15-12(13)14)7-11-5-4-9(2)16-11/h1,4-5,10H,6-8H2,2H3/t10-/m1/s1. The predicted octanol–water partition coefficient (Wildman–Crippen LogP) is 1.58. The maximum absolute atomic E-state index is 11.3. The Morgan fingerprint density at radius 2 is 2.44 bits per heavy atom. The fraction of sp³-hybridized carbons (Fsp3) is 0.417. The van der Waals surface area contributed by atoms with Gasteiger partial charge >= 0.3 is 6.09 Å². The van der Waals surface area contributed by atoms with Crippen LogP contribution in [0.15, 0.2) is 16.5 Å². The highest BCUT2D eigenvalue weighted by atomic mass is 16.6. The van der Waals surface area contributed by atoms with Crippen molar-refractivity contribution in [1.82, 2.24) is 4.90 Å². The van der Waals surface area contributed by atoms with E-state index in [-0.39, 0.29) is 18.7 Å². The summed E-state index contributed by atoms with van der Waals surface area (Å²) in [4.78, 5) is 12.9. The molecule has 0 radical (unpaired) electrons. The molecule has 1 aromatic heterocycles. The van der Waals surface area contributed by atoms with Crippen molar-refractivity contribution in [1.29, 1.82) is 0 Å². The zero-order chi connectivity index (χ0) is 11.5. The Balaban J connectivity index is 2.04. The lowest BCUT2D eigenvalue weighted by molar-refractivity contribution is 0.161. The zero-order valence-electron chi connectivity index (χ0n) is 9.10. The molecule has 0 N–H and O–H groups in total. The van der Waals surface area contributed by atoms with Crippen LogP contribution >= 0.6 is 0 Å². The summed E-state index contributed by atoms with van der Waals surface area (Å²) in [6, 6.07) is 3.79. The molecule has 1 saturated heterocycles. The molecule has 0 aliphatic carbocycles. The molecular weight excluding hydrogens is 206 g/mol. The van der Waals surface area contributed by atoms with Crippen LogP contribution in [0.2, 0.25) is 0 Å². The molecular formula is C12H13NO3. The van der Waals surface area contributed by atoms with Crippen LogP contribution in [-0.2, 0) is 11.2 Å². The van der Waals surface area contributed by atoms with E-state index in [9.17, 15) is 4.79 Å². The van der Waals surface area contributed by atoms with E-state index >= 15 is 0 Å². The third kappa shape index (κ3) is 2.03. The third-order valence-corrected chi connectivity index (χ3v) is 2.57. The van der Waals surface area contributed by atoms with Gasteiger partial charge in [-0.25, -0.2) is 4.79 Å². The highest BCUT2D eigenvalue weighted by molar-refractivity contribution is 5.70. The number of hydrogen-bond donors (Lipinski definition) is 0. The van der Waals surface area contributed by atoms with E-state index in [0.29, 0.717) is 13.0 Å². The van der Waals surface area contributed by atoms with Crippen molar-refractivity contribution in [2.45, 2.75) is 19.4 Å². The minimum absolute atomic E-state index is 0.0194. The van der Waals surface area contributed by atoms with Gasteiger partial charge in [0.2, 0.25) is 0 Å². The molecule has 1 atom stereocenters. The van der Waals surface area contributed by atoms with E-state index in [4.69, 9.17) is 15.6 Å². The molecule has 1 aliphatic rings. The van der Waals surface area contributed by atoms with Crippen LogP contribution < -0.4 is 0 Å². The summed E-state index contributed by atoms with van der Waals surface area (Å²) in [6.45, 7) is 2.54. The van der Waals surface area contributed by atoms with Gasteiger partial charge in [-0.1, -0.05) is 5.92 Å². The summed E-state index contributed by atoms with van der Waals surface area (Å²) < 4.78 is 10.4. The maximum atomic E-state index is 11.3. The molecule has 0 aromatic carbocycles. The molecule has 1 fully saturated rings. The molecule has 0 unspecified atom stereocenters. The Morgan fingerprint density at radius 1 is 1.62 bits per heavy atom. The Kier molecular flexibility index (Phi) is 2.86. The molecule has 1 amide bonds. The van der Waals surface area contributed by atoms with Gasteiger partial charge in [-0.15, -0.1) is 6.42 Å². The Hall–Kier alpha value is -1.89. The van der Waals surface area contributed by atoms with Gasteiger partial charge in [0.15, 0.2) is 0 Å². The first-order chi connectivity index (χ1) is 7.70. The molecule has 4 nitrogen and oxygen atoms in total. The van der Waals surface area contributed by atoms with Gasteiger partial charge in [0, 0.05) is 6.42 Å². The van der Waals surface area contributed by atoms with Crippen LogP contribution in [0.3, 0.4) is 0 Å². The highest BCUT2D eigenvalue weighted by Gasteiger charge is 2.32. The Labute approximate surface area is 94.2 Å². The van der Waals surface area contributed by atoms with Gasteiger partial charge < -0.3 is 9.15 Å². The Bertz CT molecular complexity index is 430. The second-order valence-corrected chi connectivity index (χ2v) is 3.78. The van der Waals surface area contributed by atoms with Crippen molar-refractivity contribution in [3.63, 3.8) is 0 Å². The molecule has 1 aliphatic heterocycles. The second-order valence-electron chi connectivity index (χ2n) is 3.78. The van der Waals surface area contributed by atoms with Crippen molar-refractivity contribution >= 4 is 6.09 Å². The van der Waals surface area contributed by atoms with Crippen molar-refractivity contribution in [3.05, 3.63) is 23.7 Å². The van der Waals surface area contributed by atoms with Gasteiger partial charge in [0.25, 0.3) is 0 Å². The molecule has 0 bridgehead atoms. The number of nitrogens with zero attached hydrogens (tertiary/aromatic N) is 1. The van der Waals surface area contributed by atoms with E-state index < -0.39 is 0 Å². The van der Waals surface area contributed by atoms with Crippen LogP contribution in [0.1, 0.15) is 11.5 Å². The minimum Gasteiger partial charge on any atom is -0.466 e. The van der Waals surface area contributed by atoms with Crippen molar-refractivity contribution < 1.29 is 13.9 Å². The van der Waals surface area contributed by atoms with Gasteiger partial charge in [-0.3, -0.25) is 4.90 Å². The normalized spacial score (nSPS) is 19.6. The largest absolute Gasteiger partial charge is 0.466 e. The summed E-state index contributed by atoms with van der Waals surface area (Å²) in [7, 11) is 0. The average molecular weight is 219 g/mol. The molecule has 0 spiro atoms. The van der Waals surface area contributed by atoms with Gasteiger partial charge in [0.1, 0.15) is 18.1 Å². The number of rotatable bonds is 3. The molecule has 16 heavy (non-hydrogen) atoms. The molecule has 2 rings (SSSR count). The summed E-state index contributed by atoms with van der Waals surface area (Å²) in [5.41, 5.74) is 0. The van der Waals surface area contributed by atoms with Gasteiger partial charge in [0.05, 0.1) is 12.6 Å². The summed E-state index contributed by atoms with van der Waals surface area (Å²) >= 11 is 0. The van der Waals surface area contributed by atoms with E-state index in [1.54, 1.807) is 4.90 Å². The number of amides is 1. The van der Waals surface area contributed by atoms with Gasteiger partial charge in [-0.2, -0.15) is 0 Å². The highest BCUT2D eigenvalue weighted by Crippen LogP contribution is 2.17. The number of carbonyl (C=O) groups excluding carboxylic acids is 1. The molecule has 4 heteroatoms. The van der Waals surface area contributed by atoms with Crippen molar-refractivity contribution in [2.24, 2.45) is 0 Å². The molecule has 1 aromatic rings. The van der Waals surface area contributed by atoms with Crippen molar-refractivity contribution in [2.75, 3.05) is 13.2 Å². The number of terminal acetylenes is 1. The topological polar surface area (TPSA) is 42.7 Å². The van der Waals surface area contributed by atoms with E-state index in [0.717, 1.165) is 11.5 Å². The lowest BCUT2D eigenvalue weighted by Crippen LogP contribution is -2.35. The number of cyclic esters (lactones) is 1. The molecule has 0 saturated carbocycles. The Morgan fingerprint density at radius 3 is 3.06 bits per heavy atom. The van der Waals surface area contributed by atoms with E-state index in [1.165, 1.54) is 0 Å². The zero-order valence-corrected chi connectivity index (χ0v) is 9.10. The maximum Gasteiger partial charge on any atom is 0.411 e. The first-order valence-corrected chi connectivity index (χ1v) is 5.13. The first kappa shape index (κ1) is 10.6. The first-order valence-electron chi connectivity index (χ1n) is 5.13. The molecule has 84 valence electrons. The summed E-state index contributed by atoms with van der Waals surface area (Å²) in [6.07, 6.45) is 5.51. The second kappa shape index (κ2) is 4.31. The van der Waals surface area contributed by atoms with Crippen LogP contribution in [0.25, 0.3) is 0 Å². The van der Waals surface area contributed by atoms with Crippen LogP contribution in [0.5, 0.6) is 0 Å². The summed E-state index contributed by atoms with van der Waals surface area (Å²) in [5, 5.41) is 0. The monoisotopic (exact) mass is 219 g/mol. The third-order valence-electron chi connectivity index (χ3n) is 2.57. The van der Waals surface area contributed by atoms with Crippen LogP contribution in [0, 0.1) is 19.3 Å². The number of ether oxygens (including phenoxy) is 1. The quantitative estimate of drug-likeness (QED) is 0.725. The van der Waals surface area contributed by atoms with Gasteiger partial charge in [-0.05, 0) is 19.1 Å². The van der Waals surface area contributed by atoms with E-state index in [1.807, 2.05) is 19.1 Å². The lowest BCUT2D eigenvalue weighted by atomic mass is 10.1. The molecule has 2 heterocycles. The van der Waals surface area contributed by atoms with Crippen molar-refractivity contribution in [3.8, 4) is 12.3 Å². The van der Waals surface area contributed by atoms with Crippen LogP contribution in [-0.4, -0.2) is 30.2 Å². The smallest absolute Gasteiger partial charge is 0.411 e. The minimum atomic E-state index is -0.341. The summed E-state index contributed by atoms with van der Waals surface area (Å²) in [5.74, 6) is 4.17. The predicted molar refractivity (Wildman–Crippen MR) is 57.8 cm³/mol. The number of carbonyl (C=O) groups is 1. The lowest BCUT2D eigenvalue weighted by Gasteiger charge is -2.17. The number of hydrogen-bond acceptors (Lipinski definition) is 3. The number of furan rings is 1. The SMILES string of the molecule is C#CCN1C(=O)OC[C@H]1Cc1ccc(C)o1.